The highest BCUT2D eigenvalue weighted by atomic mass is 79.9. The summed E-state index contributed by atoms with van der Waals surface area (Å²) in [6.45, 7) is 2.66. The predicted molar refractivity (Wildman–Crippen MR) is 97.6 cm³/mol. The van der Waals surface area contributed by atoms with E-state index in [1.54, 1.807) is 36.7 Å². The van der Waals surface area contributed by atoms with E-state index in [9.17, 15) is 9.59 Å². The monoisotopic (exact) mass is 437 g/mol. The summed E-state index contributed by atoms with van der Waals surface area (Å²) in [5.41, 5.74) is 1.05. The molecule has 1 aromatic carbocycles. The molecular formula is C17H13BrClN3O4. The van der Waals surface area contributed by atoms with E-state index in [1.807, 2.05) is 0 Å². The maximum absolute atomic E-state index is 12.0. The van der Waals surface area contributed by atoms with E-state index in [4.69, 9.17) is 21.1 Å². The fourth-order valence-corrected chi connectivity index (χ4v) is 3.28. The maximum atomic E-state index is 12.0. The molecule has 7 nitrogen and oxygen atoms in total. The summed E-state index contributed by atoms with van der Waals surface area (Å²) in [5, 5.41) is 5.84. The van der Waals surface area contributed by atoms with Crippen molar-refractivity contribution in [3.8, 4) is 5.75 Å². The lowest BCUT2D eigenvalue weighted by atomic mass is 10.2. The molecule has 2 heterocycles. The van der Waals surface area contributed by atoms with E-state index in [0.29, 0.717) is 20.6 Å². The van der Waals surface area contributed by atoms with Gasteiger partial charge in [0.2, 0.25) is 18.0 Å². The molecule has 1 aliphatic rings. The van der Waals surface area contributed by atoms with Crippen LogP contribution in [-0.2, 0) is 14.3 Å². The molecule has 0 aliphatic carbocycles. The first-order valence-corrected chi connectivity index (χ1v) is 8.66. The van der Waals surface area contributed by atoms with Gasteiger partial charge in [0, 0.05) is 36.8 Å². The first-order chi connectivity index (χ1) is 12.4. The number of benzene rings is 1. The molecule has 2 aromatic rings. The zero-order valence-corrected chi connectivity index (χ0v) is 16.1. The average molecular weight is 439 g/mol. The third kappa shape index (κ3) is 3.71. The Morgan fingerprint density at radius 2 is 1.96 bits per heavy atom. The van der Waals surface area contributed by atoms with Crippen LogP contribution in [-0.4, -0.2) is 27.8 Å². The molecule has 1 aromatic heterocycles. The van der Waals surface area contributed by atoms with Gasteiger partial charge in [0.05, 0.1) is 10.0 Å². The van der Waals surface area contributed by atoms with E-state index in [-0.39, 0.29) is 17.6 Å². The van der Waals surface area contributed by atoms with Gasteiger partial charge >= 0.3 is 5.97 Å². The van der Waals surface area contributed by atoms with Crippen LogP contribution < -0.4 is 4.74 Å². The van der Waals surface area contributed by atoms with Crippen LogP contribution >= 0.6 is 27.5 Å². The predicted octanol–water partition coefficient (Wildman–Crippen LogP) is 3.66. The summed E-state index contributed by atoms with van der Waals surface area (Å²) >= 11 is 9.44. The van der Waals surface area contributed by atoms with Gasteiger partial charge in [-0.3, -0.25) is 14.6 Å². The zero-order valence-electron chi connectivity index (χ0n) is 13.8. The van der Waals surface area contributed by atoms with Gasteiger partial charge in [0.15, 0.2) is 5.75 Å². The molecule has 26 heavy (non-hydrogen) atoms. The van der Waals surface area contributed by atoms with Crippen molar-refractivity contribution >= 4 is 45.3 Å². The van der Waals surface area contributed by atoms with E-state index in [2.05, 4.69) is 26.0 Å². The summed E-state index contributed by atoms with van der Waals surface area (Å²) in [6.07, 6.45) is 2.43. The summed E-state index contributed by atoms with van der Waals surface area (Å²) < 4.78 is 11.6. The molecule has 1 aliphatic heterocycles. The number of nitrogens with zero attached hydrogens (tertiary/aromatic N) is 3. The minimum Gasteiger partial charge on any atom is -0.446 e. The number of aromatic nitrogens is 1. The molecule has 134 valence electrons. The first kappa shape index (κ1) is 18.3. The van der Waals surface area contributed by atoms with Gasteiger partial charge in [-0.2, -0.15) is 5.01 Å². The van der Waals surface area contributed by atoms with Gasteiger partial charge in [-0.05, 0) is 40.2 Å². The van der Waals surface area contributed by atoms with Crippen molar-refractivity contribution in [3.05, 3.63) is 57.3 Å². The Labute approximate surface area is 162 Å². The minimum absolute atomic E-state index is 0.112. The van der Waals surface area contributed by atoms with Crippen LogP contribution in [0.25, 0.3) is 0 Å². The Bertz CT molecular complexity index is 904. The van der Waals surface area contributed by atoms with Crippen molar-refractivity contribution in [1.82, 2.24) is 9.99 Å². The molecule has 0 spiro atoms. The average Bonchev–Trinajstić information content (AvgIpc) is 3.03. The lowest BCUT2D eigenvalue weighted by Gasteiger charge is -2.19. The number of hydrogen-bond acceptors (Lipinski definition) is 6. The first-order valence-electron chi connectivity index (χ1n) is 7.49. The molecule has 1 amide bonds. The second kappa shape index (κ2) is 7.43. The minimum atomic E-state index is -0.756. The highest BCUT2D eigenvalue weighted by Gasteiger charge is 2.35. The Morgan fingerprint density at radius 3 is 2.58 bits per heavy atom. The molecule has 0 fully saturated rings. The van der Waals surface area contributed by atoms with E-state index < -0.39 is 12.2 Å². The molecule has 0 saturated heterocycles. The summed E-state index contributed by atoms with van der Waals surface area (Å²) in [5.74, 6) is -0.500. The van der Waals surface area contributed by atoms with Gasteiger partial charge in [-0.1, -0.05) is 11.6 Å². The topological polar surface area (TPSA) is 81.1 Å². The lowest BCUT2D eigenvalue weighted by Crippen LogP contribution is -2.25. The fourth-order valence-electron chi connectivity index (χ4n) is 2.39. The number of halogens is 2. The number of rotatable bonds is 3. The third-order valence-electron chi connectivity index (χ3n) is 3.44. The van der Waals surface area contributed by atoms with Gasteiger partial charge in [0.1, 0.15) is 0 Å². The van der Waals surface area contributed by atoms with E-state index in [1.165, 1.54) is 18.9 Å². The Hall–Kier alpha value is -2.45. The number of hydrogen-bond donors (Lipinski definition) is 0. The molecule has 0 saturated carbocycles. The highest BCUT2D eigenvalue weighted by Crippen LogP contribution is 2.37. The van der Waals surface area contributed by atoms with Crippen molar-refractivity contribution in [1.29, 1.82) is 0 Å². The van der Waals surface area contributed by atoms with Crippen molar-refractivity contribution in [3.63, 3.8) is 0 Å². The maximum Gasteiger partial charge on any atom is 0.308 e. The molecule has 0 unspecified atom stereocenters. The van der Waals surface area contributed by atoms with Crippen LogP contribution in [0.2, 0.25) is 5.02 Å². The summed E-state index contributed by atoms with van der Waals surface area (Å²) in [7, 11) is 0. The Balaban J connectivity index is 2.06. The van der Waals surface area contributed by atoms with Crippen LogP contribution in [0.5, 0.6) is 5.75 Å². The highest BCUT2D eigenvalue weighted by molar-refractivity contribution is 9.10. The van der Waals surface area contributed by atoms with Gasteiger partial charge in [-0.25, -0.2) is 0 Å². The Kier molecular flexibility index (Phi) is 5.24. The lowest BCUT2D eigenvalue weighted by molar-refractivity contribution is -0.135. The van der Waals surface area contributed by atoms with Crippen LogP contribution in [0.3, 0.4) is 0 Å². The molecule has 3 rings (SSSR count). The van der Waals surface area contributed by atoms with Gasteiger partial charge in [-0.15, -0.1) is 5.10 Å². The van der Waals surface area contributed by atoms with Crippen molar-refractivity contribution < 1.29 is 19.1 Å². The molecule has 9 heteroatoms. The molecule has 1 atom stereocenters. The fraction of sp³-hybridized carbons (Fsp3) is 0.176. The number of carbonyl (C=O) groups excluding carboxylic acids is 2. The SMILES string of the molecule is CC(=O)Oc1c(Br)cc(Cl)cc1C1=NN(C(C)=O)[C@H](c2ccncc2)O1. The second-order valence-corrected chi connectivity index (χ2v) is 6.67. The largest absolute Gasteiger partial charge is 0.446 e. The molecule has 0 N–H and O–H groups in total. The number of amides is 1. The molecule has 0 bridgehead atoms. The number of carbonyl (C=O) groups is 2. The van der Waals surface area contributed by atoms with Crippen LogP contribution in [0.1, 0.15) is 31.2 Å². The molecular weight excluding hydrogens is 426 g/mol. The van der Waals surface area contributed by atoms with Crippen molar-refractivity contribution in [2.75, 3.05) is 0 Å². The summed E-state index contributed by atoms with van der Waals surface area (Å²) in [6, 6.07) is 6.58. The number of ether oxygens (including phenoxy) is 2. The van der Waals surface area contributed by atoms with E-state index >= 15 is 0 Å². The quantitative estimate of drug-likeness (QED) is 0.539. The smallest absolute Gasteiger partial charge is 0.308 e. The number of esters is 1. The van der Waals surface area contributed by atoms with Crippen LogP contribution in [0.4, 0.5) is 0 Å². The zero-order chi connectivity index (χ0) is 18.8. The second-order valence-electron chi connectivity index (χ2n) is 5.38. The summed E-state index contributed by atoms with van der Waals surface area (Å²) in [4.78, 5) is 27.4. The van der Waals surface area contributed by atoms with Crippen LogP contribution in [0, 0.1) is 0 Å². The van der Waals surface area contributed by atoms with Gasteiger partial charge < -0.3 is 9.47 Å². The number of pyridine rings is 1. The molecule has 0 radical (unpaired) electrons. The Morgan fingerprint density at radius 1 is 1.27 bits per heavy atom. The van der Waals surface area contributed by atoms with Crippen molar-refractivity contribution in [2.24, 2.45) is 5.10 Å². The normalized spacial score (nSPS) is 16.1. The van der Waals surface area contributed by atoms with Crippen LogP contribution in [0.15, 0.2) is 46.2 Å². The third-order valence-corrected chi connectivity index (χ3v) is 4.25. The van der Waals surface area contributed by atoms with E-state index in [0.717, 1.165) is 0 Å². The number of hydrazone groups is 1. The van der Waals surface area contributed by atoms with Gasteiger partial charge in [0.25, 0.3) is 0 Å². The standard InChI is InChI=1S/C17H13BrClN3O4/c1-9(23)22-17(11-3-5-20-6-4-11)26-16(21-22)13-7-12(19)8-14(18)15(13)25-10(2)24/h3-8,17H,1-2H3/t17-/m0/s1. The van der Waals surface area contributed by atoms with Crippen molar-refractivity contribution in [2.45, 2.75) is 20.1 Å².